The number of aryl methyl sites for hydroxylation is 3. The standard InChI is InChI=1S/C22H24BrNO3/c1-5-8-24-19-7-6-16(23)11-18(19)22(27,21(24)26)12-20(25)17-10-14(3)13(2)9-15(17)4/h6-7,9-11,27H,5,8,12H2,1-4H3/t22-/m0/s1. The fraction of sp³-hybridized carbons (Fsp3) is 0.364. The van der Waals surface area contributed by atoms with E-state index in [0.717, 1.165) is 27.6 Å². The van der Waals surface area contributed by atoms with E-state index in [0.29, 0.717) is 23.4 Å². The van der Waals surface area contributed by atoms with Crippen molar-refractivity contribution in [2.24, 2.45) is 0 Å². The van der Waals surface area contributed by atoms with E-state index in [9.17, 15) is 14.7 Å². The Morgan fingerprint density at radius 1 is 1.11 bits per heavy atom. The summed E-state index contributed by atoms with van der Waals surface area (Å²) in [6, 6.07) is 9.22. The number of aliphatic hydroxyl groups is 1. The lowest BCUT2D eigenvalue weighted by molar-refractivity contribution is -0.135. The lowest BCUT2D eigenvalue weighted by Crippen LogP contribution is -2.42. The Hall–Kier alpha value is -1.98. The van der Waals surface area contributed by atoms with Crippen molar-refractivity contribution in [1.29, 1.82) is 0 Å². The van der Waals surface area contributed by atoms with Crippen molar-refractivity contribution < 1.29 is 14.7 Å². The van der Waals surface area contributed by atoms with Crippen LogP contribution in [0, 0.1) is 20.8 Å². The summed E-state index contributed by atoms with van der Waals surface area (Å²) >= 11 is 3.41. The van der Waals surface area contributed by atoms with E-state index in [2.05, 4.69) is 15.9 Å². The summed E-state index contributed by atoms with van der Waals surface area (Å²) in [6.07, 6.45) is 0.500. The van der Waals surface area contributed by atoms with Gasteiger partial charge in [-0.15, -0.1) is 0 Å². The van der Waals surface area contributed by atoms with E-state index in [1.165, 1.54) is 0 Å². The summed E-state index contributed by atoms with van der Waals surface area (Å²) in [6.45, 7) is 8.32. The Balaban J connectivity index is 2.03. The highest BCUT2D eigenvalue weighted by molar-refractivity contribution is 9.10. The summed E-state index contributed by atoms with van der Waals surface area (Å²) in [5.74, 6) is -0.650. The first-order valence-corrected chi connectivity index (χ1v) is 9.93. The van der Waals surface area contributed by atoms with Gasteiger partial charge in [0.25, 0.3) is 5.91 Å². The third kappa shape index (κ3) is 3.34. The molecule has 0 radical (unpaired) electrons. The van der Waals surface area contributed by atoms with E-state index in [1.54, 1.807) is 11.0 Å². The van der Waals surface area contributed by atoms with Crippen molar-refractivity contribution in [3.63, 3.8) is 0 Å². The number of Topliss-reactive ketones (excluding diaryl/α,β-unsaturated/α-hetero) is 1. The van der Waals surface area contributed by atoms with Gasteiger partial charge in [0, 0.05) is 22.1 Å². The summed E-state index contributed by atoms with van der Waals surface area (Å²) in [4.78, 5) is 27.7. The Morgan fingerprint density at radius 3 is 2.44 bits per heavy atom. The summed E-state index contributed by atoms with van der Waals surface area (Å²) in [5, 5.41) is 11.3. The van der Waals surface area contributed by atoms with Crippen molar-refractivity contribution >= 4 is 33.3 Å². The predicted octanol–water partition coefficient (Wildman–Crippen LogP) is 4.59. The Bertz CT molecular complexity index is 937. The first-order chi connectivity index (χ1) is 12.7. The summed E-state index contributed by atoms with van der Waals surface area (Å²) < 4.78 is 0.764. The van der Waals surface area contributed by atoms with E-state index in [-0.39, 0.29) is 12.2 Å². The Morgan fingerprint density at radius 2 is 1.78 bits per heavy atom. The van der Waals surface area contributed by atoms with Crippen LogP contribution in [0.25, 0.3) is 0 Å². The van der Waals surface area contributed by atoms with Gasteiger partial charge in [0.05, 0.1) is 12.1 Å². The molecule has 0 fully saturated rings. The number of carbonyl (C=O) groups excluding carboxylic acids is 2. The Kier molecular flexibility index (Phi) is 5.28. The summed E-state index contributed by atoms with van der Waals surface area (Å²) in [7, 11) is 0. The molecular weight excluding hydrogens is 406 g/mol. The first-order valence-electron chi connectivity index (χ1n) is 9.14. The molecule has 5 heteroatoms. The van der Waals surface area contributed by atoms with Crippen LogP contribution in [0.1, 0.15) is 52.4 Å². The molecule has 1 N–H and O–H groups in total. The van der Waals surface area contributed by atoms with Crippen LogP contribution < -0.4 is 4.90 Å². The maximum Gasteiger partial charge on any atom is 0.264 e. The zero-order valence-corrected chi connectivity index (χ0v) is 17.7. The zero-order valence-electron chi connectivity index (χ0n) is 16.1. The molecule has 142 valence electrons. The fourth-order valence-electron chi connectivity index (χ4n) is 3.73. The molecule has 1 heterocycles. The smallest absolute Gasteiger partial charge is 0.264 e. The highest BCUT2D eigenvalue weighted by atomic mass is 79.9. The maximum absolute atomic E-state index is 13.1. The molecule has 27 heavy (non-hydrogen) atoms. The number of hydrogen-bond donors (Lipinski definition) is 1. The molecule has 1 aliphatic heterocycles. The van der Waals surface area contributed by atoms with Gasteiger partial charge in [-0.25, -0.2) is 0 Å². The van der Waals surface area contributed by atoms with Gasteiger partial charge >= 0.3 is 0 Å². The minimum absolute atomic E-state index is 0.226. The van der Waals surface area contributed by atoms with Crippen LogP contribution >= 0.6 is 15.9 Å². The van der Waals surface area contributed by atoms with Crippen LogP contribution in [0.15, 0.2) is 34.8 Å². The van der Waals surface area contributed by atoms with Crippen LogP contribution in [0.3, 0.4) is 0 Å². The van der Waals surface area contributed by atoms with E-state index in [1.807, 2.05) is 52.0 Å². The third-order valence-corrected chi connectivity index (χ3v) is 5.79. The zero-order chi connectivity index (χ0) is 19.9. The SMILES string of the molecule is CCCN1C(=O)[C@](O)(CC(=O)c2cc(C)c(C)cc2C)c2cc(Br)ccc21. The second-order valence-electron chi connectivity index (χ2n) is 7.33. The first kappa shape index (κ1) is 19.8. The molecule has 4 nitrogen and oxygen atoms in total. The molecule has 0 spiro atoms. The van der Waals surface area contributed by atoms with Crippen LogP contribution in [0.4, 0.5) is 5.69 Å². The highest BCUT2D eigenvalue weighted by Crippen LogP contribution is 2.44. The maximum atomic E-state index is 13.1. The average Bonchev–Trinajstić information content (AvgIpc) is 2.80. The highest BCUT2D eigenvalue weighted by Gasteiger charge is 2.50. The van der Waals surface area contributed by atoms with Crippen LogP contribution in [-0.2, 0) is 10.4 Å². The van der Waals surface area contributed by atoms with Gasteiger partial charge in [-0.2, -0.15) is 0 Å². The van der Waals surface area contributed by atoms with E-state index < -0.39 is 11.5 Å². The summed E-state index contributed by atoms with van der Waals surface area (Å²) in [5.41, 5.74) is 2.88. The number of nitrogens with zero attached hydrogens (tertiary/aromatic N) is 1. The quantitative estimate of drug-likeness (QED) is 0.706. The molecule has 3 rings (SSSR count). The normalized spacial score (nSPS) is 18.7. The number of fused-ring (bicyclic) bond motifs is 1. The molecule has 2 aromatic rings. The average molecular weight is 430 g/mol. The van der Waals surface area contributed by atoms with E-state index in [4.69, 9.17) is 0 Å². The predicted molar refractivity (Wildman–Crippen MR) is 110 cm³/mol. The van der Waals surface area contributed by atoms with Crippen molar-refractivity contribution in [1.82, 2.24) is 0 Å². The number of amides is 1. The molecule has 1 amide bonds. The van der Waals surface area contributed by atoms with Crippen LogP contribution in [-0.4, -0.2) is 23.3 Å². The number of hydrogen-bond acceptors (Lipinski definition) is 3. The largest absolute Gasteiger partial charge is 0.375 e. The second kappa shape index (κ2) is 7.21. The van der Waals surface area contributed by atoms with Crippen molar-refractivity contribution in [2.45, 2.75) is 46.1 Å². The minimum Gasteiger partial charge on any atom is -0.375 e. The molecule has 0 bridgehead atoms. The molecular formula is C22H24BrNO3. The Labute approximate surface area is 168 Å². The van der Waals surface area contributed by atoms with Crippen molar-refractivity contribution in [3.8, 4) is 0 Å². The molecule has 0 saturated carbocycles. The number of benzene rings is 2. The van der Waals surface area contributed by atoms with Gasteiger partial charge in [0.1, 0.15) is 0 Å². The molecule has 0 aromatic heterocycles. The topological polar surface area (TPSA) is 57.6 Å². The lowest BCUT2D eigenvalue weighted by atomic mass is 9.86. The van der Waals surface area contributed by atoms with E-state index >= 15 is 0 Å². The molecule has 1 aliphatic rings. The molecule has 0 saturated heterocycles. The number of carbonyl (C=O) groups is 2. The fourth-order valence-corrected chi connectivity index (χ4v) is 4.09. The number of halogens is 1. The lowest BCUT2D eigenvalue weighted by Gasteiger charge is -2.23. The number of ketones is 1. The van der Waals surface area contributed by atoms with Crippen molar-refractivity contribution in [2.75, 3.05) is 11.4 Å². The molecule has 0 aliphatic carbocycles. The molecule has 2 aromatic carbocycles. The van der Waals surface area contributed by atoms with Gasteiger partial charge in [0.15, 0.2) is 11.4 Å². The second-order valence-corrected chi connectivity index (χ2v) is 8.25. The van der Waals surface area contributed by atoms with Gasteiger partial charge in [-0.1, -0.05) is 28.9 Å². The van der Waals surface area contributed by atoms with Crippen LogP contribution in [0.2, 0.25) is 0 Å². The van der Waals surface area contributed by atoms with Crippen molar-refractivity contribution in [3.05, 3.63) is 62.6 Å². The van der Waals surface area contributed by atoms with Gasteiger partial charge in [0.2, 0.25) is 0 Å². The number of rotatable bonds is 5. The third-order valence-electron chi connectivity index (χ3n) is 5.30. The monoisotopic (exact) mass is 429 g/mol. The van der Waals surface area contributed by atoms with Gasteiger partial charge in [-0.3, -0.25) is 9.59 Å². The van der Waals surface area contributed by atoms with Gasteiger partial charge in [-0.05, 0) is 68.1 Å². The van der Waals surface area contributed by atoms with Crippen LogP contribution in [0.5, 0.6) is 0 Å². The number of anilines is 1. The molecule has 0 unspecified atom stereocenters. The van der Waals surface area contributed by atoms with Gasteiger partial charge < -0.3 is 10.0 Å². The molecule has 1 atom stereocenters. The minimum atomic E-state index is -1.84.